The van der Waals surface area contributed by atoms with Gasteiger partial charge in [0, 0.05) is 12.3 Å². The van der Waals surface area contributed by atoms with E-state index in [-0.39, 0.29) is 0 Å². The Morgan fingerprint density at radius 2 is 2.25 bits per heavy atom. The minimum atomic E-state index is 0.384. The van der Waals surface area contributed by atoms with Gasteiger partial charge < -0.3 is 4.85 Å². The Balaban J connectivity index is 2.29. The second-order valence-electron chi connectivity index (χ2n) is 2.84. The molecule has 2 unspecified atom stereocenters. The normalized spacial score (nSPS) is 34.8. The van der Waals surface area contributed by atoms with E-state index in [2.05, 4.69) is 18.7 Å². The van der Waals surface area contributed by atoms with Crippen LogP contribution in [0.5, 0.6) is 0 Å². The second kappa shape index (κ2) is 1.78. The van der Waals surface area contributed by atoms with Gasteiger partial charge >= 0.3 is 0 Å². The molecular formula is C7H11N. The van der Waals surface area contributed by atoms with Gasteiger partial charge in [0.2, 0.25) is 6.04 Å². The standard InChI is InChI=1S/C7H11N/c1-5(2)6-4-7(6)8-3/h5-7H,4H2,1-2H3. The van der Waals surface area contributed by atoms with Crippen LogP contribution in [-0.2, 0) is 0 Å². The van der Waals surface area contributed by atoms with Gasteiger partial charge in [-0.15, -0.1) is 0 Å². The zero-order valence-electron chi connectivity index (χ0n) is 5.39. The molecule has 1 nitrogen and oxygen atoms in total. The highest BCUT2D eigenvalue weighted by atomic mass is 14.8. The molecule has 1 saturated carbocycles. The van der Waals surface area contributed by atoms with Crippen molar-refractivity contribution in [2.75, 3.05) is 0 Å². The van der Waals surface area contributed by atoms with Crippen molar-refractivity contribution in [3.63, 3.8) is 0 Å². The van der Waals surface area contributed by atoms with Crippen molar-refractivity contribution >= 4 is 0 Å². The van der Waals surface area contributed by atoms with E-state index in [0.29, 0.717) is 6.04 Å². The van der Waals surface area contributed by atoms with Gasteiger partial charge in [-0.05, 0) is 5.92 Å². The largest absolute Gasteiger partial charge is 0.313 e. The molecule has 1 fully saturated rings. The summed E-state index contributed by atoms with van der Waals surface area (Å²) in [4.78, 5) is 3.45. The van der Waals surface area contributed by atoms with Crippen molar-refractivity contribution in [2.45, 2.75) is 26.3 Å². The van der Waals surface area contributed by atoms with Crippen LogP contribution in [0, 0.1) is 18.4 Å². The molecule has 1 rings (SSSR count). The van der Waals surface area contributed by atoms with Crippen LogP contribution in [0.25, 0.3) is 4.85 Å². The van der Waals surface area contributed by atoms with Crippen LogP contribution < -0.4 is 0 Å². The van der Waals surface area contributed by atoms with E-state index in [0.717, 1.165) is 18.3 Å². The summed E-state index contributed by atoms with van der Waals surface area (Å²) in [5, 5.41) is 0. The van der Waals surface area contributed by atoms with Crippen molar-refractivity contribution in [2.24, 2.45) is 11.8 Å². The number of hydrogen-bond donors (Lipinski definition) is 0. The van der Waals surface area contributed by atoms with Crippen LogP contribution >= 0.6 is 0 Å². The zero-order valence-corrected chi connectivity index (χ0v) is 5.39. The lowest BCUT2D eigenvalue weighted by Gasteiger charge is -1.93. The molecule has 44 valence electrons. The number of hydrogen-bond acceptors (Lipinski definition) is 0. The lowest BCUT2D eigenvalue weighted by atomic mass is 10.1. The molecule has 0 aromatic carbocycles. The summed E-state index contributed by atoms with van der Waals surface area (Å²) >= 11 is 0. The molecule has 0 saturated heterocycles. The molecule has 2 atom stereocenters. The van der Waals surface area contributed by atoms with E-state index in [9.17, 15) is 0 Å². The van der Waals surface area contributed by atoms with Gasteiger partial charge in [-0.2, -0.15) is 0 Å². The topological polar surface area (TPSA) is 4.36 Å². The Bertz CT molecular complexity index is 121. The summed E-state index contributed by atoms with van der Waals surface area (Å²) in [6.45, 7) is 11.0. The van der Waals surface area contributed by atoms with Crippen LogP contribution in [0.1, 0.15) is 20.3 Å². The third-order valence-corrected chi connectivity index (χ3v) is 1.83. The van der Waals surface area contributed by atoms with Gasteiger partial charge in [-0.1, -0.05) is 13.8 Å². The Morgan fingerprint density at radius 3 is 2.38 bits per heavy atom. The highest BCUT2D eigenvalue weighted by molar-refractivity contribution is 5.02. The SMILES string of the molecule is [C-]#[N+]C1CC1C(C)C. The lowest BCUT2D eigenvalue weighted by molar-refractivity contribution is 0.558. The van der Waals surface area contributed by atoms with Gasteiger partial charge in [0.05, 0.1) is 0 Å². The molecule has 0 spiro atoms. The fourth-order valence-corrected chi connectivity index (χ4v) is 1.07. The summed E-state index contributed by atoms with van der Waals surface area (Å²) < 4.78 is 0. The first-order chi connectivity index (χ1) is 3.75. The van der Waals surface area contributed by atoms with E-state index in [4.69, 9.17) is 6.57 Å². The second-order valence-corrected chi connectivity index (χ2v) is 2.84. The van der Waals surface area contributed by atoms with Crippen LogP contribution in [0.4, 0.5) is 0 Å². The fraction of sp³-hybridized carbons (Fsp3) is 0.857. The summed E-state index contributed by atoms with van der Waals surface area (Å²) in [7, 11) is 0. The molecule has 0 N–H and O–H groups in total. The minimum absolute atomic E-state index is 0.384. The summed E-state index contributed by atoms with van der Waals surface area (Å²) in [6, 6.07) is 0.384. The molecular weight excluding hydrogens is 98.1 g/mol. The van der Waals surface area contributed by atoms with Crippen LogP contribution in [-0.4, -0.2) is 6.04 Å². The van der Waals surface area contributed by atoms with E-state index in [1.54, 1.807) is 0 Å². The quantitative estimate of drug-likeness (QED) is 0.453. The van der Waals surface area contributed by atoms with Crippen LogP contribution in [0.3, 0.4) is 0 Å². The Kier molecular flexibility index (Phi) is 1.25. The van der Waals surface area contributed by atoms with E-state index >= 15 is 0 Å². The Hall–Kier alpha value is -0.510. The molecule has 1 heteroatoms. The van der Waals surface area contributed by atoms with Gasteiger partial charge in [0.25, 0.3) is 0 Å². The van der Waals surface area contributed by atoms with Crippen molar-refractivity contribution < 1.29 is 0 Å². The first-order valence-electron chi connectivity index (χ1n) is 3.12. The predicted octanol–water partition coefficient (Wildman–Crippen LogP) is 1.95. The van der Waals surface area contributed by atoms with Crippen molar-refractivity contribution in [3.8, 4) is 0 Å². The first kappa shape index (κ1) is 5.62. The summed E-state index contributed by atoms with van der Waals surface area (Å²) in [6.07, 6.45) is 1.15. The molecule has 0 amide bonds. The van der Waals surface area contributed by atoms with E-state index in [1.807, 2.05) is 0 Å². The van der Waals surface area contributed by atoms with Gasteiger partial charge in [0.1, 0.15) is 0 Å². The zero-order chi connectivity index (χ0) is 6.15. The van der Waals surface area contributed by atoms with Gasteiger partial charge in [0.15, 0.2) is 0 Å². The van der Waals surface area contributed by atoms with Crippen molar-refractivity contribution in [3.05, 3.63) is 11.4 Å². The predicted molar refractivity (Wildman–Crippen MR) is 33.3 cm³/mol. The average Bonchev–Trinajstić information content (AvgIpc) is 2.42. The van der Waals surface area contributed by atoms with E-state index < -0.39 is 0 Å². The average molecular weight is 109 g/mol. The minimum Gasteiger partial charge on any atom is -0.313 e. The molecule has 0 heterocycles. The molecule has 0 aromatic rings. The third kappa shape index (κ3) is 0.838. The monoisotopic (exact) mass is 109 g/mol. The molecule has 0 aliphatic heterocycles. The maximum atomic E-state index is 6.67. The molecule has 0 bridgehead atoms. The Morgan fingerprint density at radius 1 is 1.62 bits per heavy atom. The van der Waals surface area contributed by atoms with Gasteiger partial charge in [-0.25, -0.2) is 6.57 Å². The van der Waals surface area contributed by atoms with Crippen molar-refractivity contribution in [1.29, 1.82) is 0 Å². The van der Waals surface area contributed by atoms with Crippen molar-refractivity contribution in [1.82, 2.24) is 0 Å². The maximum Gasteiger partial charge on any atom is 0.227 e. The number of rotatable bonds is 1. The van der Waals surface area contributed by atoms with Gasteiger partial charge in [-0.3, -0.25) is 0 Å². The summed E-state index contributed by atoms with van der Waals surface area (Å²) in [5.41, 5.74) is 0. The van der Waals surface area contributed by atoms with Crippen LogP contribution in [0.2, 0.25) is 0 Å². The molecule has 1 aliphatic carbocycles. The third-order valence-electron chi connectivity index (χ3n) is 1.83. The van der Waals surface area contributed by atoms with E-state index in [1.165, 1.54) is 0 Å². The smallest absolute Gasteiger partial charge is 0.227 e. The molecule has 0 aromatic heterocycles. The summed E-state index contributed by atoms with van der Waals surface area (Å²) in [5.74, 6) is 1.46. The molecule has 1 aliphatic rings. The molecule has 0 radical (unpaired) electrons. The maximum absolute atomic E-state index is 6.67. The fourth-order valence-electron chi connectivity index (χ4n) is 1.07. The highest BCUT2D eigenvalue weighted by Gasteiger charge is 2.45. The highest BCUT2D eigenvalue weighted by Crippen LogP contribution is 2.39. The Labute approximate surface area is 50.5 Å². The number of nitrogens with zero attached hydrogens (tertiary/aromatic N) is 1. The first-order valence-corrected chi connectivity index (χ1v) is 3.12. The molecule has 8 heavy (non-hydrogen) atoms. The lowest BCUT2D eigenvalue weighted by Crippen LogP contribution is -1.91. The van der Waals surface area contributed by atoms with Crippen LogP contribution in [0.15, 0.2) is 0 Å².